The van der Waals surface area contributed by atoms with Gasteiger partial charge in [-0.05, 0) is 24.5 Å². The molecule has 1 nitrogen and oxygen atoms in total. The standard InChI is InChI=1S/C11H10O/c1-9-5-3-4-6-11(9)8-7-10(2)12/h3-6H,1-2H3. The molecule has 0 aromatic heterocycles. The topological polar surface area (TPSA) is 17.1 Å². The lowest BCUT2D eigenvalue weighted by Gasteiger charge is -1.93. The van der Waals surface area contributed by atoms with Gasteiger partial charge in [-0.15, -0.1) is 0 Å². The molecule has 0 atom stereocenters. The highest BCUT2D eigenvalue weighted by molar-refractivity contribution is 5.93. The summed E-state index contributed by atoms with van der Waals surface area (Å²) in [5, 5.41) is 0. The van der Waals surface area contributed by atoms with E-state index in [1.807, 2.05) is 31.2 Å². The van der Waals surface area contributed by atoms with Gasteiger partial charge >= 0.3 is 0 Å². The second-order valence-corrected chi connectivity index (χ2v) is 2.62. The first kappa shape index (κ1) is 8.55. The van der Waals surface area contributed by atoms with Crippen LogP contribution in [0.2, 0.25) is 0 Å². The summed E-state index contributed by atoms with van der Waals surface area (Å²) in [4.78, 5) is 10.6. The highest BCUT2D eigenvalue weighted by Gasteiger charge is 1.90. The molecule has 1 rings (SSSR count). The van der Waals surface area contributed by atoms with E-state index in [0.717, 1.165) is 11.1 Å². The van der Waals surface area contributed by atoms with E-state index in [2.05, 4.69) is 11.8 Å². The van der Waals surface area contributed by atoms with E-state index in [-0.39, 0.29) is 5.78 Å². The van der Waals surface area contributed by atoms with Crippen LogP contribution < -0.4 is 0 Å². The van der Waals surface area contributed by atoms with Gasteiger partial charge in [0.1, 0.15) is 0 Å². The highest BCUT2D eigenvalue weighted by Crippen LogP contribution is 2.03. The van der Waals surface area contributed by atoms with Crippen LogP contribution in [0.5, 0.6) is 0 Å². The minimum absolute atomic E-state index is 0.0988. The number of carbonyl (C=O) groups is 1. The largest absolute Gasteiger partial charge is 0.285 e. The van der Waals surface area contributed by atoms with Gasteiger partial charge in [0.25, 0.3) is 0 Å². The van der Waals surface area contributed by atoms with Gasteiger partial charge in [-0.1, -0.05) is 24.1 Å². The van der Waals surface area contributed by atoms with Crippen LogP contribution in [0.25, 0.3) is 0 Å². The Hall–Kier alpha value is -1.55. The van der Waals surface area contributed by atoms with Crippen LogP contribution in [-0.4, -0.2) is 5.78 Å². The lowest BCUT2D eigenvalue weighted by molar-refractivity contribution is -0.111. The molecule has 0 radical (unpaired) electrons. The second-order valence-electron chi connectivity index (χ2n) is 2.62. The third-order valence-corrected chi connectivity index (χ3v) is 1.52. The third kappa shape index (κ3) is 2.25. The number of Topliss-reactive ketones (excluding diaryl/α,β-unsaturated/α-hetero) is 1. The monoisotopic (exact) mass is 158 g/mol. The first-order chi connectivity index (χ1) is 5.70. The van der Waals surface area contributed by atoms with E-state index in [1.165, 1.54) is 6.92 Å². The average molecular weight is 158 g/mol. The molecule has 0 fully saturated rings. The number of carbonyl (C=O) groups excluding carboxylic acids is 1. The summed E-state index contributed by atoms with van der Waals surface area (Å²) >= 11 is 0. The van der Waals surface area contributed by atoms with Crippen LogP contribution in [0.3, 0.4) is 0 Å². The summed E-state index contributed by atoms with van der Waals surface area (Å²) in [6.45, 7) is 3.44. The predicted molar refractivity (Wildman–Crippen MR) is 48.7 cm³/mol. The molecule has 0 unspecified atom stereocenters. The Balaban J connectivity index is 2.99. The van der Waals surface area contributed by atoms with Crippen molar-refractivity contribution in [1.82, 2.24) is 0 Å². The molecule has 1 heteroatoms. The summed E-state index contributed by atoms with van der Waals surface area (Å²) in [5.74, 6) is 5.23. The summed E-state index contributed by atoms with van der Waals surface area (Å²) in [6, 6.07) is 7.75. The maximum atomic E-state index is 10.6. The van der Waals surface area contributed by atoms with Crippen molar-refractivity contribution in [2.45, 2.75) is 13.8 Å². The van der Waals surface area contributed by atoms with Crippen molar-refractivity contribution < 1.29 is 4.79 Å². The molecule has 0 aliphatic carbocycles. The second kappa shape index (κ2) is 3.73. The Labute approximate surface area is 72.4 Å². The normalized spacial score (nSPS) is 8.50. The summed E-state index contributed by atoms with van der Waals surface area (Å²) in [5.41, 5.74) is 2.03. The van der Waals surface area contributed by atoms with Crippen LogP contribution in [0, 0.1) is 18.8 Å². The quantitative estimate of drug-likeness (QED) is 0.527. The zero-order chi connectivity index (χ0) is 8.97. The number of aryl methyl sites for hydroxylation is 1. The van der Waals surface area contributed by atoms with E-state index in [4.69, 9.17) is 0 Å². The highest BCUT2D eigenvalue weighted by atomic mass is 16.1. The van der Waals surface area contributed by atoms with Crippen molar-refractivity contribution >= 4 is 5.78 Å². The Morgan fingerprint density at radius 3 is 2.58 bits per heavy atom. The van der Waals surface area contributed by atoms with E-state index >= 15 is 0 Å². The lowest BCUT2D eigenvalue weighted by atomic mass is 10.1. The van der Waals surface area contributed by atoms with Gasteiger partial charge in [-0.3, -0.25) is 4.79 Å². The smallest absolute Gasteiger partial charge is 0.202 e. The SMILES string of the molecule is CC(=O)C#Cc1ccccc1C. The van der Waals surface area contributed by atoms with Crippen LogP contribution in [0.15, 0.2) is 24.3 Å². The number of ketones is 1. The summed E-state index contributed by atoms with van der Waals surface area (Å²) < 4.78 is 0. The van der Waals surface area contributed by atoms with Gasteiger partial charge in [0.15, 0.2) is 0 Å². The molecule has 0 aliphatic heterocycles. The van der Waals surface area contributed by atoms with E-state index in [0.29, 0.717) is 0 Å². The van der Waals surface area contributed by atoms with Crippen molar-refractivity contribution in [3.8, 4) is 11.8 Å². The fraction of sp³-hybridized carbons (Fsp3) is 0.182. The first-order valence-corrected chi connectivity index (χ1v) is 3.78. The van der Waals surface area contributed by atoms with Gasteiger partial charge < -0.3 is 0 Å². The van der Waals surface area contributed by atoms with E-state index < -0.39 is 0 Å². The third-order valence-electron chi connectivity index (χ3n) is 1.52. The molecular formula is C11H10O. The molecule has 0 N–H and O–H groups in total. The van der Waals surface area contributed by atoms with Crippen molar-refractivity contribution in [1.29, 1.82) is 0 Å². The Bertz CT molecular complexity index is 353. The van der Waals surface area contributed by atoms with E-state index in [9.17, 15) is 4.79 Å². The van der Waals surface area contributed by atoms with Crippen molar-refractivity contribution in [3.63, 3.8) is 0 Å². The van der Waals surface area contributed by atoms with Crippen LogP contribution in [0.1, 0.15) is 18.1 Å². The first-order valence-electron chi connectivity index (χ1n) is 3.78. The van der Waals surface area contributed by atoms with Gasteiger partial charge in [-0.2, -0.15) is 0 Å². The van der Waals surface area contributed by atoms with Gasteiger partial charge in [0.05, 0.1) is 0 Å². The molecular weight excluding hydrogens is 148 g/mol. The Morgan fingerprint density at radius 2 is 2.00 bits per heavy atom. The van der Waals surface area contributed by atoms with Gasteiger partial charge in [0.2, 0.25) is 5.78 Å². The molecule has 1 aromatic carbocycles. The molecule has 12 heavy (non-hydrogen) atoms. The van der Waals surface area contributed by atoms with Crippen LogP contribution in [0.4, 0.5) is 0 Å². The average Bonchev–Trinajstić information content (AvgIpc) is 2.03. The molecule has 0 aliphatic rings. The number of rotatable bonds is 0. The molecule has 0 bridgehead atoms. The Morgan fingerprint density at radius 1 is 1.33 bits per heavy atom. The summed E-state index contributed by atoms with van der Waals surface area (Å²) in [7, 11) is 0. The molecule has 0 heterocycles. The molecule has 0 saturated carbocycles. The molecule has 1 aromatic rings. The predicted octanol–water partition coefficient (Wildman–Crippen LogP) is 1.94. The minimum atomic E-state index is -0.0988. The fourth-order valence-corrected chi connectivity index (χ4v) is 0.868. The maximum Gasteiger partial charge on any atom is 0.202 e. The number of hydrogen-bond acceptors (Lipinski definition) is 1. The lowest BCUT2D eigenvalue weighted by Crippen LogP contribution is -1.84. The molecule has 0 amide bonds. The molecule has 60 valence electrons. The zero-order valence-corrected chi connectivity index (χ0v) is 7.22. The van der Waals surface area contributed by atoms with Gasteiger partial charge in [0, 0.05) is 12.5 Å². The number of hydrogen-bond donors (Lipinski definition) is 0. The van der Waals surface area contributed by atoms with E-state index in [1.54, 1.807) is 0 Å². The molecule has 0 spiro atoms. The van der Waals surface area contributed by atoms with Gasteiger partial charge in [-0.25, -0.2) is 0 Å². The van der Waals surface area contributed by atoms with Crippen molar-refractivity contribution in [2.24, 2.45) is 0 Å². The Kier molecular flexibility index (Phi) is 2.66. The fourth-order valence-electron chi connectivity index (χ4n) is 0.868. The zero-order valence-electron chi connectivity index (χ0n) is 7.22. The van der Waals surface area contributed by atoms with Crippen LogP contribution in [-0.2, 0) is 4.79 Å². The van der Waals surface area contributed by atoms with Crippen molar-refractivity contribution in [3.05, 3.63) is 35.4 Å². The summed E-state index contributed by atoms with van der Waals surface area (Å²) in [6.07, 6.45) is 0. The van der Waals surface area contributed by atoms with Crippen molar-refractivity contribution in [2.75, 3.05) is 0 Å². The van der Waals surface area contributed by atoms with Crippen LogP contribution >= 0.6 is 0 Å². The molecule has 0 saturated heterocycles. The number of benzene rings is 1. The maximum absolute atomic E-state index is 10.6. The minimum Gasteiger partial charge on any atom is -0.285 e.